The smallest absolute Gasteiger partial charge is 0.410 e. The van der Waals surface area contributed by atoms with Crippen LogP contribution in [0.1, 0.15) is 40.3 Å². The van der Waals surface area contributed by atoms with Crippen LogP contribution in [0.15, 0.2) is 18.3 Å². The number of carbonyl (C=O) groups is 2. The lowest BCUT2D eigenvalue weighted by Crippen LogP contribution is -2.44. The van der Waals surface area contributed by atoms with Gasteiger partial charge >= 0.3 is 6.09 Å². The highest BCUT2D eigenvalue weighted by molar-refractivity contribution is 5.85. The molecule has 3 heterocycles. The van der Waals surface area contributed by atoms with Crippen LogP contribution in [0.2, 0.25) is 0 Å². The Morgan fingerprint density at radius 1 is 1.17 bits per heavy atom. The number of piperidine rings is 1. The first kappa shape index (κ1) is 19.7. The number of rotatable bonds is 3. The maximum atomic E-state index is 13.0. The van der Waals surface area contributed by atoms with E-state index >= 15 is 0 Å². The average Bonchev–Trinajstić information content (AvgIpc) is 2.95. The molecular formula is C21H29N5O3. The number of fused-ring (bicyclic) bond motifs is 2. The maximum absolute atomic E-state index is 13.0. The first-order valence-corrected chi connectivity index (χ1v) is 10.1. The number of nitrogens with one attached hydrogen (secondary N) is 1. The molecule has 2 fully saturated rings. The van der Waals surface area contributed by atoms with Gasteiger partial charge in [0.25, 0.3) is 0 Å². The van der Waals surface area contributed by atoms with E-state index in [1.165, 1.54) is 0 Å². The van der Waals surface area contributed by atoms with E-state index < -0.39 is 11.1 Å². The van der Waals surface area contributed by atoms with Crippen LogP contribution in [0, 0.1) is 17.8 Å². The molecule has 4 rings (SSSR count). The normalized spacial score (nSPS) is 23.8. The van der Waals surface area contributed by atoms with Gasteiger partial charge in [-0.15, -0.1) is 0 Å². The third-order valence-corrected chi connectivity index (χ3v) is 5.79. The molecule has 29 heavy (non-hydrogen) atoms. The Morgan fingerprint density at radius 3 is 2.45 bits per heavy atom. The Hall–Kier alpha value is -2.64. The Morgan fingerprint density at radius 2 is 1.83 bits per heavy atom. The monoisotopic (exact) mass is 399 g/mol. The second-order valence-corrected chi connectivity index (χ2v) is 9.70. The number of likely N-dealkylation sites (tertiary alicyclic amines) is 1. The van der Waals surface area contributed by atoms with Crippen LogP contribution in [0.3, 0.4) is 0 Å². The molecule has 1 N–H and O–H groups in total. The molecule has 1 unspecified atom stereocenters. The van der Waals surface area contributed by atoms with Gasteiger partial charge in [0.2, 0.25) is 5.91 Å². The number of ether oxygens (including phenoxy) is 1. The van der Waals surface area contributed by atoms with Gasteiger partial charge in [0.15, 0.2) is 0 Å². The Balaban J connectivity index is 1.41. The van der Waals surface area contributed by atoms with Crippen LogP contribution in [-0.4, -0.2) is 50.4 Å². The first-order chi connectivity index (χ1) is 13.5. The molecule has 2 aliphatic rings. The van der Waals surface area contributed by atoms with E-state index in [2.05, 4.69) is 15.4 Å². The summed E-state index contributed by atoms with van der Waals surface area (Å²) in [7, 11) is 1.88. The van der Waals surface area contributed by atoms with Crippen molar-refractivity contribution in [3.8, 4) is 0 Å². The standard InChI is InChI=1S/C21H29N5O3/c1-20(2,3)29-19(28)26-10-12-13(11-26)15(12)18(27)23-21(4,5)17-16-14(25(6)24-17)8-7-9-22-16/h7-9,12-13,15H,10-11H2,1-6H3,(H,23,27)/t12-,13+,15?. The molecule has 0 bridgehead atoms. The average molecular weight is 399 g/mol. The van der Waals surface area contributed by atoms with Crippen molar-refractivity contribution in [1.29, 1.82) is 0 Å². The number of carbonyl (C=O) groups excluding carboxylic acids is 2. The first-order valence-electron chi connectivity index (χ1n) is 10.1. The van der Waals surface area contributed by atoms with Gasteiger partial charge in [0, 0.05) is 32.3 Å². The molecule has 0 aromatic carbocycles. The summed E-state index contributed by atoms with van der Waals surface area (Å²) in [6.45, 7) is 10.6. The van der Waals surface area contributed by atoms with Crippen molar-refractivity contribution in [2.24, 2.45) is 24.8 Å². The summed E-state index contributed by atoms with van der Waals surface area (Å²) in [5.74, 6) is 0.369. The third kappa shape index (κ3) is 3.56. The summed E-state index contributed by atoms with van der Waals surface area (Å²) in [5.41, 5.74) is 1.33. The van der Waals surface area contributed by atoms with Gasteiger partial charge in [0.05, 0.1) is 11.1 Å². The molecule has 1 aliphatic heterocycles. The molecule has 156 valence electrons. The highest BCUT2D eigenvalue weighted by Gasteiger charge is 2.61. The summed E-state index contributed by atoms with van der Waals surface area (Å²) in [6, 6.07) is 3.84. The van der Waals surface area contributed by atoms with Gasteiger partial charge < -0.3 is 15.0 Å². The molecule has 1 aliphatic carbocycles. The lowest BCUT2D eigenvalue weighted by atomic mass is 9.98. The molecule has 0 spiro atoms. The third-order valence-electron chi connectivity index (χ3n) is 5.79. The fourth-order valence-corrected chi connectivity index (χ4v) is 4.35. The van der Waals surface area contributed by atoms with E-state index in [9.17, 15) is 9.59 Å². The van der Waals surface area contributed by atoms with Gasteiger partial charge in [-0.1, -0.05) is 0 Å². The molecule has 2 amide bonds. The fraction of sp³-hybridized carbons (Fsp3) is 0.619. The predicted octanol–water partition coefficient (Wildman–Crippen LogP) is 2.43. The minimum atomic E-state index is -0.646. The Kier molecular flexibility index (Phi) is 4.36. The van der Waals surface area contributed by atoms with Crippen molar-refractivity contribution in [1.82, 2.24) is 25.0 Å². The van der Waals surface area contributed by atoms with E-state index in [-0.39, 0.29) is 29.8 Å². The van der Waals surface area contributed by atoms with Crippen LogP contribution in [0.4, 0.5) is 4.79 Å². The van der Waals surface area contributed by atoms with Crippen molar-refractivity contribution >= 4 is 23.0 Å². The summed E-state index contributed by atoms with van der Waals surface area (Å²) in [6.07, 6.45) is 1.44. The van der Waals surface area contributed by atoms with Crippen LogP contribution >= 0.6 is 0 Å². The second kappa shape index (κ2) is 6.43. The van der Waals surface area contributed by atoms with E-state index in [4.69, 9.17) is 4.74 Å². The van der Waals surface area contributed by atoms with Crippen LogP contribution in [0.5, 0.6) is 0 Å². The summed E-state index contributed by atoms with van der Waals surface area (Å²) in [4.78, 5) is 31.4. The van der Waals surface area contributed by atoms with Crippen molar-refractivity contribution < 1.29 is 14.3 Å². The minimum Gasteiger partial charge on any atom is -0.444 e. The highest BCUT2D eigenvalue weighted by Crippen LogP contribution is 2.52. The highest BCUT2D eigenvalue weighted by atomic mass is 16.6. The SMILES string of the molecule is Cn1nc(C(C)(C)NC(=O)C2[C@H]3CN(C(=O)OC(C)(C)C)C[C@@H]23)c2ncccc21. The largest absolute Gasteiger partial charge is 0.444 e. The Labute approximate surface area is 170 Å². The number of aromatic nitrogens is 3. The van der Waals surface area contributed by atoms with E-state index in [0.717, 1.165) is 16.7 Å². The van der Waals surface area contributed by atoms with Gasteiger partial charge in [-0.3, -0.25) is 14.5 Å². The van der Waals surface area contributed by atoms with Crippen LogP contribution < -0.4 is 5.32 Å². The van der Waals surface area contributed by atoms with E-state index in [1.807, 2.05) is 53.8 Å². The summed E-state index contributed by atoms with van der Waals surface area (Å²) in [5, 5.41) is 7.77. The van der Waals surface area contributed by atoms with Crippen molar-refractivity contribution in [2.45, 2.75) is 45.8 Å². The zero-order chi connectivity index (χ0) is 21.1. The predicted molar refractivity (Wildman–Crippen MR) is 108 cm³/mol. The Bertz CT molecular complexity index is 962. The molecular weight excluding hydrogens is 370 g/mol. The van der Waals surface area contributed by atoms with Crippen molar-refractivity contribution in [3.63, 3.8) is 0 Å². The van der Waals surface area contributed by atoms with Gasteiger partial charge in [-0.05, 0) is 58.6 Å². The molecule has 1 saturated heterocycles. The van der Waals surface area contributed by atoms with E-state index in [1.54, 1.807) is 15.8 Å². The van der Waals surface area contributed by atoms with Crippen molar-refractivity contribution in [3.05, 3.63) is 24.0 Å². The number of hydrogen-bond donors (Lipinski definition) is 1. The number of amides is 2. The van der Waals surface area contributed by atoms with Crippen LogP contribution in [0.25, 0.3) is 11.0 Å². The second-order valence-electron chi connectivity index (χ2n) is 9.70. The van der Waals surface area contributed by atoms with Gasteiger partial charge in [-0.2, -0.15) is 5.10 Å². The minimum absolute atomic E-state index is 0.0172. The van der Waals surface area contributed by atoms with Crippen LogP contribution in [-0.2, 0) is 22.1 Å². The number of nitrogens with zero attached hydrogens (tertiary/aromatic N) is 4. The molecule has 2 aromatic rings. The number of aryl methyl sites for hydroxylation is 1. The van der Waals surface area contributed by atoms with E-state index in [0.29, 0.717) is 13.1 Å². The molecule has 2 aromatic heterocycles. The van der Waals surface area contributed by atoms with Gasteiger partial charge in [0.1, 0.15) is 16.8 Å². The zero-order valence-corrected chi connectivity index (χ0v) is 17.9. The lowest BCUT2D eigenvalue weighted by molar-refractivity contribution is -0.125. The number of hydrogen-bond acceptors (Lipinski definition) is 5. The quantitative estimate of drug-likeness (QED) is 0.856. The lowest BCUT2D eigenvalue weighted by Gasteiger charge is -2.27. The summed E-state index contributed by atoms with van der Waals surface area (Å²) >= 11 is 0. The number of pyridine rings is 1. The molecule has 8 nitrogen and oxygen atoms in total. The maximum Gasteiger partial charge on any atom is 0.410 e. The zero-order valence-electron chi connectivity index (χ0n) is 17.9. The molecule has 0 radical (unpaired) electrons. The topological polar surface area (TPSA) is 89.4 Å². The van der Waals surface area contributed by atoms with Gasteiger partial charge in [-0.25, -0.2) is 4.79 Å². The summed E-state index contributed by atoms with van der Waals surface area (Å²) < 4.78 is 7.22. The van der Waals surface area contributed by atoms with Crippen molar-refractivity contribution in [2.75, 3.05) is 13.1 Å². The molecule has 1 saturated carbocycles. The molecule has 8 heteroatoms. The fourth-order valence-electron chi connectivity index (χ4n) is 4.35. The molecule has 3 atom stereocenters.